The molecular formula is C22H18BrN7O7S2. The number of aromatic nitrogens is 3. The molecule has 5 rings (SSSR count). The third-order valence-electron chi connectivity index (χ3n) is 5.84. The van der Waals surface area contributed by atoms with Gasteiger partial charge in [-0.15, -0.1) is 11.8 Å². The zero-order chi connectivity index (χ0) is 27.8. The van der Waals surface area contributed by atoms with E-state index in [1.165, 1.54) is 11.8 Å². The van der Waals surface area contributed by atoms with E-state index >= 15 is 0 Å². The molecule has 0 aliphatic carbocycles. The van der Waals surface area contributed by atoms with Crippen molar-refractivity contribution in [1.82, 2.24) is 19.8 Å². The fourth-order valence-electron chi connectivity index (χ4n) is 4.19. The molecule has 1 fully saturated rings. The van der Waals surface area contributed by atoms with Crippen molar-refractivity contribution >= 4 is 79.3 Å². The minimum atomic E-state index is -1.50. The lowest BCUT2D eigenvalue weighted by atomic mass is 10.0. The molecule has 14 nitrogen and oxygen atoms in total. The monoisotopic (exact) mass is 635 g/mol. The van der Waals surface area contributed by atoms with Crippen molar-refractivity contribution in [2.24, 2.45) is 5.16 Å². The van der Waals surface area contributed by atoms with E-state index in [2.05, 4.69) is 31.4 Å². The third-order valence-corrected chi connectivity index (χ3v) is 8.72. The Bertz CT molecular complexity index is 1580. The number of anilines is 1. The van der Waals surface area contributed by atoms with Crippen LogP contribution in [-0.2, 0) is 30.6 Å². The first-order valence-corrected chi connectivity index (χ1v) is 13.8. The highest BCUT2D eigenvalue weighted by Gasteiger charge is 2.53. The van der Waals surface area contributed by atoms with Crippen LogP contribution in [0.15, 0.2) is 57.0 Å². The average molecular weight is 636 g/mol. The number of nitrogen functional groups attached to an aromatic ring is 1. The molecule has 17 heteroatoms. The molecule has 4 N–H and O–H groups in total. The molecule has 2 aliphatic heterocycles. The number of β-lactam (4-membered cyclic amide) rings is 1. The van der Waals surface area contributed by atoms with Gasteiger partial charge in [-0.3, -0.25) is 14.5 Å². The average Bonchev–Trinajstić information content (AvgIpc) is 3.46. The highest BCUT2D eigenvalue weighted by molar-refractivity contribution is 9.11. The molecule has 0 saturated carbocycles. The summed E-state index contributed by atoms with van der Waals surface area (Å²) in [5.74, 6) is -4.07. The number of amides is 2. The van der Waals surface area contributed by atoms with Crippen LogP contribution in [0.1, 0.15) is 5.69 Å². The van der Waals surface area contributed by atoms with Crippen molar-refractivity contribution in [2.75, 3.05) is 18.1 Å². The smallest absolute Gasteiger partial charge is 0.344 e. The predicted molar refractivity (Wildman–Crippen MR) is 139 cm³/mol. The number of carbonyl (C=O) groups is 4. The van der Waals surface area contributed by atoms with Gasteiger partial charge in [0.15, 0.2) is 10.8 Å². The highest BCUT2D eigenvalue weighted by atomic mass is 79.9. The number of carboxylic acid groups (broad SMARTS) is 2. The number of oxime groups is 1. The van der Waals surface area contributed by atoms with Gasteiger partial charge >= 0.3 is 5.97 Å². The SMILES string of the molecule is Nc1nc(/C(=N/OCC(=O)O)C(=O)N[C@@H]2C(=O)N3C(C(=O)[O-])=C(Cn4cc[n+]5ccccc45)CS[C@@H]23)c(Br)s1. The minimum Gasteiger partial charge on any atom is -0.543 e. The Balaban J connectivity index is 1.37. The van der Waals surface area contributed by atoms with E-state index < -0.39 is 47.5 Å². The Morgan fingerprint density at radius 2 is 2.15 bits per heavy atom. The third kappa shape index (κ3) is 5.07. The number of carboxylic acids is 2. The number of imidazole rings is 1. The van der Waals surface area contributed by atoms with Gasteiger partial charge in [0.1, 0.15) is 39.8 Å². The quantitative estimate of drug-likeness (QED) is 0.113. The number of pyridine rings is 1. The fraction of sp³-hybridized carbons (Fsp3) is 0.227. The first-order chi connectivity index (χ1) is 18.7. The summed E-state index contributed by atoms with van der Waals surface area (Å²) < 4.78 is 4.08. The maximum atomic E-state index is 13.1. The molecule has 0 aromatic carbocycles. The second-order valence-electron chi connectivity index (χ2n) is 8.27. The van der Waals surface area contributed by atoms with Crippen molar-refractivity contribution in [3.63, 3.8) is 0 Å². The standard InChI is InChI=1S/C22H18BrN7O7S2/c23-17-13(26-22(24)39-17)14(27-37-8-12(31)32)18(33)25-15-19(34)30-16(21(35)36)10(9-38-20(15)30)7-29-6-5-28-4-2-1-3-11(28)29/h1-6,15,20H,7-9H2,(H4-,24,25,26,31,32,33,35,36)/b27-14-/t15-,20+/m1/s1. The lowest BCUT2D eigenvalue weighted by Crippen LogP contribution is -2.71. The molecule has 0 bridgehead atoms. The van der Waals surface area contributed by atoms with Crippen LogP contribution < -0.4 is 20.6 Å². The van der Waals surface area contributed by atoms with Gasteiger partial charge in [-0.2, -0.15) is 0 Å². The van der Waals surface area contributed by atoms with Crippen LogP contribution in [0.2, 0.25) is 0 Å². The summed E-state index contributed by atoms with van der Waals surface area (Å²) in [6.45, 7) is -0.596. The number of hydrogen-bond acceptors (Lipinski definition) is 11. The second kappa shape index (κ2) is 10.7. The van der Waals surface area contributed by atoms with Gasteiger partial charge in [0.05, 0.1) is 17.9 Å². The van der Waals surface area contributed by atoms with Crippen molar-refractivity contribution in [3.05, 3.63) is 57.5 Å². The van der Waals surface area contributed by atoms with Gasteiger partial charge in [-0.25, -0.2) is 18.7 Å². The maximum absolute atomic E-state index is 13.1. The van der Waals surface area contributed by atoms with Gasteiger partial charge < -0.3 is 30.9 Å². The number of carbonyl (C=O) groups excluding carboxylic acids is 3. The van der Waals surface area contributed by atoms with E-state index in [0.717, 1.165) is 21.9 Å². The van der Waals surface area contributed by atoms with Crippen molar-refractivity contribution < 1.29 is 38.6 Å². The van der Waals surface area contributed by atoms with Crippen molar-refractivity contribution in [3.8, 4) is 0 Å². The Labute approximate surface area is 235 Å². The van der Waals surface area contributed by atoms with Gasteiger partial charge in [0, 0.05) is 17.4 Å². The lowest BCUT2D eigenvalue weighted by Gasteiger charge is -2.50. The lowest BCUT2D eigenvalue weighted by molar-refractivity contribution is -0.510. The summed E-state index contributed by atoms with van der Waals surface area (Å²) in [6, 6.07) is 4.53. The summed E-state index contributed by atoms with van der Waals surface area (Å²) in [6.07, 6.45) is 5.51. The number of hydrogen-bond donors (Lipinski definition) is 3. The number of thiazole rings is 1. The Kier molecular flexibility index (Phi) is 7.28. The summed E-state index contributed by atoms with van der Waals surface area (Å²) in [5, 5.41) is 26.5. The molecule has 0 unspecified atom stereocenters. The predicted octanol–water partition coefficient (Wildman–Crippen LogP) is -1.06. The number of fused-ring (bicyclic) bond motifs is 2. The Morgan fingerprint density at radius 1 is 1.36 bits per heavy atom. The second-order valence-corrected chi connectivity index (χ2v) is 11.7. The summed E-state index contributed by atoms with van der Waals surface area (Å²) in [5.41, 5.74) is 6.38. The molecule has 1 saturated heterocycles. The van der Waals surface area contributed by atoms with Gasteiger partial charge in [0.25, 0.3) is 17.5 Å². The number of aliphatic carboxylic acids is 2. The molecule has 0 spiro atoms. The van der Waals surface area contributed by atoms with Crippen LogP contribution in [0.4, 0.5) is 5.13 Å². The van der Waals surface area contributed by atoms with Crippen molar-refractivity contribution in [1.29, 1.82) is 0 Å². The molecule has 2 aliphatic rings. The minimum absolute atomic E-state index is 0.00487. The normalized spacial score (nSPS) is 19.1. The Morgan fingerprint density at radius 3 is 2.85 bits per heavy atom. The van der Waals surface area contributed by atoms with E-state index in [9.17, 15) is 24.3 Å². The highest BCUT2D eigenvalue weighted by Crippen LogP contribution is 2.40. The summed E-state index contributed by atoms with van der Waals surface area (Å²) in [4.78, 5) is 59.1. The number of rotatable bonds is 9. The molecule has 202 valence electrons. The van der Waals surface area contributed by atoms with Gasteiger partial charge in [0.2, 0.25) is 6.61 Å². The van der Waals surface area contributed by atoms with Gasteiger partial charge in [-0.1, -0.05) is 22.6 Å². The zero-order valence-corrected chi connectivity index (χ0v) is 22.9. The van der Waals surface area contributed by atoms with Crippen LogP contribution in [0.5, 0.6) is 0 Å². The summed E-state index contributed by atoms with van der Waals surface area (Å²) >= 11 is 5.52. The topological polar surface area (TPSA) is 196 Å². The number of halogens is 1. The maximum Gasteiger partial charge on any atom is 0.344 e. The van der Waals surface area contributed by atoms with Crippen LogP contribution in [-0.4, -0.2) is 72.8 Å². The first-order valence-electron chi connectivity index (χ1n) is 11.1. The molecule has 39 heavy (non-hydrogen) atoms. The van der Waals surface area contributed by atoms with Crippen LogP contribution in [0.25, 0.3) is 5.65 Å². The number of nitrogens with two attached hydrogens (primary N) is 1. The van der Waals surface area contributed by atoms with E-state index in [0.29, 0.717) is 9.36 Å². The van der Waals surface area contributed by atoms with E-state index in [-0.39, 0.29) is 28.8 Å². The largest absolute Gasteiger partial charge is 0.543 e. The van der Waals surface area contributed by atoms with Crippen molar-refractivity contribution in [2.45, 2.75) is 18.0 Å². The number of nitrogens with zero attached hydrogens (tertiary/aromatic N) is 5. The van der Waals surface area contributed by atoms with Crippen LogP contribution >= 0.6 is 39.0 Å². The van der Waals surface area contributed by atoms with E-state index in [4.69, 9.17) is 15.7 Å². The molecule has 3 aromatic rings. The number of nitrogens with one attached hydrogen (secondary N) is 1. The van der Waals surface area contributed by atoms with Crippen LogP contribution in [0.3, 0.4) is 0 Å². The molecular weight excluding hydrogens is 618 g/mol. The Hall–Kier alpha value is -3.96. The molecule has 3 aromatic heterocycles. The summed E-state index contributed by atoms with van der Waals surface area (Å²) in [7, 11) is 0. The molecule has 5 heterocycles. The molecule has 2 amide bonds. The first kappa shape index (κ1) is 26.6. The zero-order valence-electron chi connectivity index (χ0n) is 19.6. The van der Waals surface area contributed by atoms with E-state index in [1.54, 1.807) is 0 Å². The molecule has 0 radical (unpaired) electrons. The molecule has 2 atom stereocenters. The van der Waals surface area contributed by atoms with E-state index in [1.807, 2.05) is 45.8 Å². The fourth-order valence-corrected chi connectivity index (χ4v) is 6.86. The van der Waals surface area contributed by atoms with Crippen LogP contribution in [0, 0.1) is 0 Å². The van der Waals surface area contributed by atoms with Gasteiger partial charge in [-0.05, 0) is 22.0 Å². The number of thioether (sulfide) groups is 1.